The predicted molar refractivity (Wildman–Crippen MR) is 107 cm³/mol. The van der Waals surface area contributed by atoms with Gasteiger partial charge < -0.3 is 5.32 Å². The summed E-state index contributed by atoms with van der Waals surface area (Å²) in [7, 11) is -5.27. The Morgan fingerprint density at radius 1 is 1.00 bits per heavy atom. The molecule has 28 heavy (non-hydrogen) atoms. The fourth-order valence-electron chi connectivity index (χ4n) is 2.54. The second-order valence-electron chi connectivity index (χ2n) is 6.55. The van der Waals surface area contributed by atoms with Crippen LogP contribution < -0.4 is 10.5 Å². The van der Waals surface area contributed by atoms with Crippen LogP contribution in [0.4, 0.5) is 5.69 Å². The van der Waals surface area contributed by atoms with Gasteiger partial charge in [-0.05, 0) is 55.9 Å². The van der Waals surface area contributed by atoms with Crippen LogP contribution in [0.1, 0.15) is 18.5 Å². The van der Waals surface area contributed by atoms with Gasteiger partial charge in [-0.2, -0.15) is 0 Å². The highest BCUT2D eigenvalue weighted by molar-refractivity contribution is 7.90. The third-order valence-electron chi connectivity index (χ3n) is 4.31. The summed E-state index contributed by atoms with van der Waals surface area (Å²) in [6, 6.07) is 12.0. The van der Waals surface area contributed by atoms with E-state index in [1.54, 1.807) is 24.1 Å². The molecule has 0 heterocycles. The Labute approximate surface area is 165 Å². The molecule has 3 N–H and O–H groups in total. The van der Waals surface area contributed by atoms with Crippen molar-refractivity contribution in [3.8, 4) is 0 Å². The summed E-state index contributed by atoms with van der Waals surface area (Å²) in [6.45, 7) is 1.98. The molecule has 1 amide bonds. The van der Waals surface area contributed by atoms with Gasteiger partial charge in [0.2, 0.25) is 15.9 Å². The lowest BCUT2D eigenvalue weighted by Crippen LogP contribution is -2.32. The lowest BCUT2D eigenvalue weighted by atomic mass is 10.1. The van der Waals surface area contributed by atoms with Crippen LogP contribution in [0.25, 0.3) is 0 Å². The summed E-state index contributed by atoms with van der Waals surface area (Å²) in [6.07, 6.45) is 1.12. The molecule has 0 aliphatic rings. The van der Waals surface area contributed by atoms with Gasteiger partial charge in [0.25, 0.3) is 0 Å². The van der Waals surface area contributed by atoms with E-state index in [1.807, 2.05) is 6.92 Å². The summed E-state index contributed by atoms with van der Waals surface area (Å²) < 4.78 is 45.6. The standard InChI is InChI=1S/C18H23N3O5S2/c1-13(14-4-8-17(9-5-14)28(19,25)26)21(2)12-18(22)20-15-6-10-16(11-7-15)27(3,23)24/h4-11,13H,12H2,1-3H3,(H,20,22)(H2,19,25,26). The number of hydrogen-bond acceptors (Lipinski definition) is 6. The van der Waals surface area contributed by atoms with E-state index in [0.29, 0.717) is 5.69 Å². The Hall–Kier alpha value is -2.27. The van der Waals surface area contributed by atoms with E-state index < -0.39 is 19.9 Å². The third-order valence-corrected chi connectivity index (χ3v) is 6.37. The topological polar surface area (TPSA) is 127 Å². The van der Waals surface area contributed by atoms with Crippen LogP contribution in [-0.4, -0.2) is 47.5 Å². The molecule has 10 heteroatoms. The summed E-state index contributed by atoms with van der Waals surface area (Å²) in [5.74, 6) is -0.261. The van der Waals surface area contributed by atoms with Crippen molar-refractivity contribution in [2.75, 3.05) is 25.2 Å². The zero-order chi connectivity index (χ0) is 21.1. The monoisotopic (exact) mass is 425 g/mol. The van der Waals surface area contributed by atoms with E-state index >= 15 is 0 Å². The number of nitrogens with two attached hydrogens (primary N) is 1. The summed E-state index contributed by atoms with van der Waals surface area (Å²) in [4.78, 5) is 14.3. The lowest BCUT2D eigenvalue weighted by Gasteiger charge is -2.24. The Balaban J connectivity index is 1.99. The number of amides is 1. The van der Waals surface area contributed by atoms with Gasteiger partial charge in [0, 0.05) is 18.0 Å². The normalized spacial score (nSPS) is 13.3. The summed E-state index contributed by atoms with van der Waals surface area (Å²) >= 11 is 0. The molecule has 152 valence electrons. The van der Waals surface area contributed by atoms with E-state index in [2.05, 4.69) is 5.32 Å². The molecular weight excluding hydrogens is 402 g/mol. The average molecular weight is 426 g/mol. The third kappa shape index (κ3) is 5.86. The van der Waals surface area contributed by atoms with Gasteiger partial charge in [0.15, 0.2) is 9.84 Å². The first-order valence-corrected chi connectivity index (χ1v) is 11.7. The van der Waals surface area contributed by atoms with Crippen LogP contribution in [0, 0.1) is 0 Å². The molecule has 0 radical (unpaired) electrons. The minimum absolute atomic E-state index is 0.0291. The lowest BCUT2D eigenvalue weighted by molar-refractivity contribution is -0.117. The molecule has 0 saturated heterocycles. The van der Waals surface area contributed by atoms with Crippen LogP contribution in [-0.2, 0) is 24.7 Å². The Morgan fingerprint density at radius 3 is 1.96 bits per heavy atom. The average Bonchev–Trinajstić information content (AvgIpc) is 2.60. The largest absolute Gasteiger partial charge is 0.325 e. The maximum Gasteiger partial charge on any atom is 0.238 e. The van der Waals surface area contributed by atoms with Crippen molar-refractivity contribution in [3.63, 3.8) is 0 Å². The Kier molecular flexibility index (Phi) is 6.60. The number of carbonyl (C=O) groups is 1. The molecule has 1 unspecified atom stereocenters. The second-order valence-corrected chi connectivity index (χ2v) is 10.1. The molecule has 1 atom stereocenters. The van der Waals surface area contributed by atoms with Gasteiger partial charge in [0.05, 0.1) is 16.3 Å². The second kappa shape index (κ2) is 8.39. The van der Waals surface area contributed by atoms with Crippen LogP contribution in [0.2, 0.25) is 0 Å². The number of sulfonamides is 1. The maximum atomic E-state index is 12.3. The van der Waals surface area contributed by atoms with Crippen LogP contribution in [0.3, 0.4) is 0 Å². The Bertz CT molecular complexity index is 1050. The van der Waals surface area contributed by atoms with E-state index in [1.165, 1.54) is 36.4 Å². The van der Waals surface area contributed by atoms with Gasteiger partial charge in [-0.3, -0.25) is 9.69 Å². The van der Waals surface area contributed by atoms with Crippen molar-refractivity contribution in [2.45, 2.75) is 22.8 Å². The van der Waals surface area contributed by atoms with Crippen molar-refractivity contribution in [2.24, 2.45) is 5.14 Å². The highest BCUT2D eigenvalue weighted by atomic mass is 32.2. The first-order chi connectivity index (χ1) is 12.9. The zero-order valence-corrected chi connectivity index (χ0v) is 17.4. The molecule has 0 bridgehead atoms. The SMILES string of the molecule is CC(c1ccc(S(N)(=O)=O)cc1)N(C)CC(=O)Nc1ccc(S(C)(=O)=O)cc1. The van der Waals surface area contributed by atoms with Crippen molar-refractivity contribution >= 4 is 31.5 Å². The Morgan fingerprint density at radius 2 is 1.50 bits per heavy atom. The molecule has 2 aromatic carbocycles. The predicted octanol–water partition coefficient (Wildman–Crippen LogP) is 1.37. The highest BCUT2D eigenvalue weighted by Gasteiger charge is 2.16. The van der Waals surface area contributed by atoms with Gasteiger partial charge in [-0.15, -0.1) is 0 Å². The van der Waals surface area contributed by atoms with Gasteiger partial charge in [-0.25, -0.2) is 22.0 Å². The van der Waals surface area contributed by atoms with Crippen molar-refractivity contribution < 1.29 is 21.6 Å². The molecule has 8 nitrogen and oxygen atoms in total. The molecule has 0 aliphatic heterocycles. The quantitative estimate of drug-likeness (QED) is 0.690. The van der Waals surface area contributed by atoms with E-state index in [0.717, 1.165) is 11.8 Å². The van der Waals surface area contributed by atoms with Gasteiger partial charge >= 0.3 is 0 Å². The molecule has 0 spiro atoms. The van der Waals surface area contributed by atoms with E-state index in [4.69, 9.17) is 5.14 Å². The molecule has 0 saturated carbocycles. The minimum Gasteiger partial charge on any atom is -0.325 e. The summed E-state index contributed by atoms with van der Waals surface area (Å²) in [5, 5.41) is 7.81. The fraction of sp³-hybridized carbons (Fsp3) is 0.278. The van der Waals surface area contributed by atoms with Crippen LogP contribution in [0.15, 0.2) is 58.3 Å². The first kappa shape index (κ1) is 22.0. The number of hydrogen-bond donors (Lipinski definition) is 2. The number of benzene rings is 2. The smallest absolute Gasteiger partial charge is 0.238 e. The number of carbonyl (C=O) groups excluding carboxylic acids is 1. The van der Waals surface area contributed by atoms with Crippen LogP contribution >= 0.6 is 0 Å². The zero-order valence-electron chi connectivity index (χ0n) is 15.8. The van der Waals surface area contributed by atoms with E-state index in [-0.39, 0.29) is 28.3 Å². The van der Waals surface area contributed by atoms with Gasteiger partial charge in [-0.1, -0.05) is 12.1 Å². The van der Waals surface area contributed by atoms with Gasteiger partial charge in [0.1, 0.15) is 0 Å². The summed E-state index contributed by atoms with van der Waals surface area (Å²) in [5.41, 5.74) is 1.33. The molecule has 0 aliphatic carbocycles. The number of nitrogens with one attached hydrogen (secondary N) is 1. The maximum absolute atomic E-state index is 12.3. The van der Waals surface area contributed by atoms with Crippen molar-refractivity contribution in [1.29, 1.82) is 0 Å². The number of sulfone groups is 1. The molecule has 2 rings (SSSR count). The molecule has 0 aromatic heterocycles. The first-order valence-electron chi connectivity index (χ1n) is 8.31. The number of primary sulfonamides is 1. The molecular formula is C18H23N3O5S2. The number of anilines is 1. The minimum atomic E-state index is -3.75. The highest BCUT2D eigenvalue weighted by Crippen LogP contribution is 2.20. The van der Waals surface area contributed by atoms with E-state index in [9.17, 15) is 21.6 Å². The van der Waals surface area contributed by atoms with Crippen molar-refractivity contribution in [3.05, 3.63) is 54.1 Å². The molecule has 0 fully saturated rings. The van der Waals surface area contributed by atoms with Crippen LogP contribution in [0.5, 0.6) is 0 Å². The van der Waals surface area contributed by atoms with Crippen molar-refractivity contribution in [1.82, 2.24) is 4.90 Å². The number of likely N-dealkylation sites (N-methyl/N-ethyl adjacent to an activating group) is 1. The number of rotatable bonds is 7. The molecule has 2 aromatic rings. The fourth-order valence-corrected chi connectivity index (χ4v) is 3.69. The number of nitrogens with zero attached hydrogens (tertiary/aromatic N) is 1.